The van der Waals surface area contributed by atoms with Crippen LogP contribution in [0.25, 0.3) is 23.0 Å². The number of fused-ring (bicyclic) bond motifs is 3. The van der Waals surface area contributed by atoms with Crippen LogP contribution in [0.5, 0.6) is 0 Å². The number of aryl methyl sites for hydroxylation is 2. The first kappa shape index (κ1) is 27.4. The van der Waals surface area contributed by atoms with E-state index in [-0.39, 0.29) is 0 Å². The van der Waals surface area contributed by atoms with Crippen LogP contribution < -0.4 is 20.7 Å². The molecule has 47 heavy (non-hydrogen) atoms. The van der Waals surface area contributed by atoms with Gasteiger partial charge in [-0.25, -0.2) is 9.36 Å². The lowest BCUT2D eigenvalue weighted by molar-refractivity contribution is 0.707. The maximum absolute atomic E-state index is 4.73. The van der Waals surface area contributed by atoms with Crippen molar-refractivity contribution in [1.29, 1.82) is 0 Å². The first-order valence-corrected chi connectivity index (χ1v) is 18.0. The molecule has 4 aromatic heterocycles. The SMILES string of the molecule is c1ccc([Si](c2ccccc2)(c2cccc(-n3cccc3-n3cccn3)c2)c2cccc(-n3ccc4c3-n3nccc3CC4)c2)cc1. The Labute approximate surface area is 274 Å². The Bertz CT molecular complexity index is 2270. The molecule has 0 bridgehead atoms. The molecule has 1 aliphatic rings. The lowest BCUT2D eigenvalue weighted by Gasteiger charge is -2.35. The highest BCUT2D eigenvalue weighted by Crippen LogP contribution is 2.28. The minimum atomic E-state index is -2.84. The molecule has 0 saturated carbocycles. The smallest absolute Gasteiger partial charge is 0.179 e. The van der Waals surface area contributed by atoms with Crippen LogP contribution in [0.15, 0.2) is 171 Å². The minimum Gasteiger partial charge on any atom is -0.302 e. The highest BCUT2D eigenvalue weighted by Gasteiger charge is 2.42. The second-order valence-corrected chi connectivity index (χ2v) is 15.8. The first-order valence-electron chi connectivity index (χ1n) is 16.0. The van der Waals surface area contributed by atoms with Crippen LogP contribution in [0.1, 0.15) is 11.3 Å². The van der Waals surface area contributed by atoms with Gasteiger partial charge in [-0.1, -0.05) is 84.9 Å². The lowest BCUT2D eigenvalue weighted by Crippen LogP contribution is -2.74. The quantitative estimate of drug-likeness (QED) is 0.183. The van der Waals surface area contributed by atoms with Crippen LogP contribution in [0.4, 0.5) is 0 Å². The molecule has 9 rings (SSSR count). The standard InChI is InChI=1S/C40H32N6Si/c1-3-13-35(14-4-1)47(36-15-5-2-6-16-36,37-17-7-11-33(29-37)43-26-9-19-39(43)45-27-10-24-41-45)38-18-8-12-34(30-38)44-28-23-31-20-21-32-22-25-42-46(32)40(31)44/h1-19,22-30H,20-21H2. The summed E-state index contributed by atoms with van der Waals surface area (Å²) in [6, 6.07) is 51.0. The third-order valence-corrected chi connectivity index (χ3v) is 14.3. The molecule has 0 saturated heterocycles. The molecule has 5 heterocycles. The molecule has 0 atom stereocenters. The Morgan fingerprint density at radius 2 is 1.17 bits per heavy atom. The molecule has 4 aromatic carbocycles. The molecule has 7 heteroatoms. The second-order valence-electron chi connectivity index (χ2n) is 12.0. The van der Waals surface area contributed by atoms with E-state index in [1.807, 2.05) is 29.3 Å². The summed E-state index contributed by atoms with van der Waals surface area (Å²) < 4.78 is 8.56. The summed E-state index contributed by atoms with van der Waals surface area (Å²) >= 11 is 0. The van der Waals surface area contributed by atoms with Crippen LogP contribution >= 0.6 is 0 Å². The molecule has 0 fully saturated rings. The van der Waals surface area contributed by atoms with Crippen molar-refractivity contribution in [3.05, 3.63) is 182 Å². The van der Waals surface area contributed by atoms with Gasteiger partial charge in [0.2, 0.25) is 0 Å². The Balaban J connectivity index is 1.29. The van der Waals surface area contributed by atoms with E-state index in [1.165, 1.54) is 32.0 Å². The normalized spacial score (nSPS) is 12.5. The summed E-state index contributed by atoms with van der Waals surface area (Å²) in [6.07, 6.45) is 12.1. The van der Waals surface area contributed by atoms with Crippen molar-refractivity contribution in [3.8, 4) is 23.0 Å². The summed E-state index contributed by atoms with van der Waals surface area (Å²) in [5, 5.41) is 14.6. The molecule has 8 aromatic rings. The summed E-state index contributed by atoms with van der Waals surface area (Å²) in [5.74, 6) is 2.14. The average molecular weight is 625 g/mol. The largest absolute Gasteiger partial charge is 0.302 e. The average Bonchev–Trinajstić information content (AvgIpc) is 3.96. The van der Waals surface area contributed by atoms with Gasteiger partial charge >= 0.3 is 0 Å². The van der Waals surface area contributed by atoms with Gasteiger partial charge in [0.15, 0.2) is 8.07 Å². The van der Waals surface area contributed by atoms with Crippen LogP contribution in [-0.2, 0) is 12.8 Å². The van der Waals surface area contributed by atoms with Crippen molar-refractivity contribution < 1.29 is 0 Å². The number of hydrogen-bond acceptors (Lipinski definition) is 2. The molecule has 1 aliphatic heterocycles. The van der Waals surface area contributed by atoms with E-state index in [4.69, 9.17) is 5.10 Å². The highest BCUT2D eigenvalue weighted by molar-refractivity contribution is 7.19. The monoisotopic (exact) mass is 624 g/mol. The van der Waals surface area contributed by atoms with Gasteiger partial charge in [0.05, 0.1) is 0 Å². The fourth-order valence-electron chi connectivity index (χ4n) is 7.41. The van der Waals surface area contributed by atoms with E-state index in [0.717, 1.165) is 35.9 Å². The van der Waals surface area contributed by atoms with E-state index in [9.17, 15) is 0 Å². The van der Waals surface area contributed by atoms with E-state index >= 15 is 0 Å². The zero-order chi connectivity index (χ0) is 31.2. The molecule has 226 valence electrons. The summed E-state index contributed by atoms with van der Waals surface area (Å²) in [7, 11) is -2.84. The van der Waals surface area contributed by atoms with Gasteiger partial charge < -0.3 is 9.13 Å². The van der Waals surface area contributed by atoms with E-state index < -0.39 is 8.07 Å². The molecule has 0 unspecified atom stereocenters. The van der Waals surface area contributed by atoms with Crippen molar-refractivity contribution in [1.82, 2.24) is 28.7 Å². The number of rotatable bonds is 7. The fraction of sp³-hybridized carbons (Fsp3) is 0.0500. The predicted octanol–water partition coefficient (Wildman–Crippen LogP) is 5.12. The van der Waals surface area contributed by atoms with Gasteiger partial charge in [0, 0.05) is 48.1 Å². The number of nitrogens with zero attached hydrogens (tertiary/aromatic N) is 6. The van der Waals surface area contributed by atoms with E-state index in [1.54, 1.807) is 0 Å². The van der Waals surface area contributed by atoms with Gasteiger partial charge in [-0.05, 0) is 93.7 Å². The predicted molar refractivity (Wildman–Crippen MR) is 190 cm³/mol. The lowest BCUT2D eigenvalue weighted by atomic mass is 10.1. The Hall–Kier alpha value is -5.92. The van der Waals surface area contributed by atoms with Gasteiger partial charge in [-0.2, -0.15) is 10.2 Å². The van der Waals surface area contributed by atoms with E-state index in [2.05, 4.69) is 165 Å². The van der Waals surface area contributed by atoms with Crippen molar-refractivity contribution >= 4 is 28.8 Å². The zero-order valence-electron chi connectivity index (χ0n) is 25.8. The van der Waals surface area contributed by atoms with Gasteiger partial charge in [-0.15, -0.1) is 0 Å². The van der Waals surface area contributed by atoms with Gasteiger partial charge in [0.1, 0.15) is 11.6 Å². The maximum Gasteiger partial charge on any atom is 0.179 e. The second kappa shape index (κ2) is 11.2. The van der Waals surface area contributed by atoms with Crippen molar-refractivity contribution in [2.45, 2.75) is 12.8 Å². The third kappa shape index (κ3) is 4.39. The van der Waals surface area contributed by atoms with Crippen LogP contribution in [0.2, 0.25) is 0 Å². The molecule has 0 radical (unpaired) electrons. The Morgan fingerprint density at radius 3 is 1.85 bits per heavy atom. The molecular weight excluding hydrogens is 593 g/mol. The molecule has 0 amide bonds. The first-order chi connectivity index (χ1) is 23.3. The summed E-state index contributed by atoms with van der Waals surface area (Å²) in [4.78, 5) is 0. The van der Waals surface area contributed by atoms with E-state index in [0.29, 0.717) is 0 Å². The third-order valence-electron chi connectivity index (χ3n) is 9.51. The molecule has 0 spiro atoms. The Kier molecular flexibility index (Phi) is 6.50. The van der Waals surface area contributed by atoms with Crippen molar-refractivity contribution in [2.24, 2.45) is 0 Å². The molecular formula is C40H32N6Si. The minimum absolute atomic E-state index is 0.996. The van der Waals surface area contributed by atoms with Crippen molar-refractivity contribution in [2.75, 3.05) is 0 Å². The van der Waals surface area contributed by atoms with Crippen molar-refractivity contribution in [3.63, 3.8) is 0 Å². The topological polar surface area (TPSA) is 45.5 Å². The van der Waals surface area contributed by atoms with Crippen LogP contribution in [0.3, 0.4) is 0 Å². The van der Waals surface area contributed by atoms with Crippen LogP contribution in [-0.4, -0.2) is 36.8 Å². The number of hydrogen-bond donors (Lipinski definition) is 0. The number of aromatic nitrogens is 6. The van der Waals surface area contributed by atoms with Gasteiger partial charge in [-0.3, -0.25) is 0 Å². The summed E-state index contributed by atoms with van der Waals surface area (Å²) in [6.45, 7) is 0. The molecule has 0 N–H and O–H groups in total. The summed E-state index contributed by atoms with van der Waals surface area (Å²) in [5.41, 5.74) is 4.82. The molecule has 6 nitrogen and oxygen atoms in total. The number of benzene rings is 4. The van der Waals surface area contributed by atoms with Crippen LogP contribution in [0, 0.1) is 0 Å². The zero-order valence-corrected chi connectivity index (χ0v) is 26.8. The maximum atomic E-state index is 4.73. The van der Waals surface area contributed by atoms with Gasteiger partial charge in [0.25, 0.3) is 0 Å². The highest BCUT2D eigenvalue weighted by atomic mass is 28.3. The Morgan fingerprint density at radius 1 is 0.489 bits per heavy atom. The molecule has 0 aliphatic carbocycles. The fourth-order valence-corrected chi connectivity index (χ4v) is 12.2.